The molecular weight excluding hydrogens is 487 g/mol. The summed E-state index contributed by atoms with van der Waals surface area (Å²) in [5.74, 6) is -0.491. The number of aliphatic imine (C=N–C) groups is 1. The summed E-state index contributed by atoms with van der Waals surface area (Å²) in [5, 5.41) is 6.14. The normalized spacial score (nSPS) is 13.5. The molecule has 0 saturated carbocycles. The molecule has 0 radical (unpaired) electrons. The lowest BCUT2D eigenvalue weighted by Crippen LogP contribution is -2.36. The van der Waals surface area contributed by atoms with Gasteiger partial charge in [0.1, 0.15) is 11.5 Å². The Balaban J connectivity index is 1.67. The van der Waals surface area contributed by atoms with Crippen LogP contribution in [0.2, 0.25) is 0 Å². The quantitative estimate of drug-likeness (QED) is 0.328. The maximum atomic E-state index is 14.4. The molecule has 0 fully saturated rings. The predicted octanol–water partition coefficient (Wildman–Crippen LogP) is 3.38. The highest BCUT2D eigenvalue weighted by Gasteiger charge is 2.38. The summed E-state index contributed by atoms with van der Waals surface area (Å²) in [4.78, 5) is 28.2. The second-order valence-electron chi connectivity index (χ2n) is 7.48. The van der Waals surface area contributed by atoms with Gasteiger partial charge in [-0.1, -0.05) is 16.9 Å². The Labute approximate surface area is 202 Å². The number of amidine groups is 1. The van der Waals surface area contributed by atoms with Crippen LogP contribution in [0.1, 0.15) is 34.7 Å². The minimum absolute atomic E-state index is 0.0203. The number of ether oxygens (including phenoxy) is 1. The van der Waals surface area contributed by atoms with Crippen LogP contribution in [0.25, 0.3) is 0 Å². The molecule has 35 heavy (non-hydrogen) atoms. The van der Waals surface area contributed by atoms with Gasteiger partial charge in [0.2, 0.25) is 5.88 Å². The van der Waals surface area contributed by atoms with Crippen LogP contribution in [0.5, 0.6) is 5.88 Å². The Hall–Kier alpha value is -3.68. The van der Waals surface area contributed by atoms with E-state index >= 15 is 0 Å². The van der Waals surface area contributed by atoms with Crippen LogP contribution < -0.4 is 15.8 Å². The van der Waals surface area contributed by atoms with Crippen LogP contribution in [0.4, 0.5) is 18.9 Å². The van der Waals surface area contributed by atoms with Crippen molar-refractivity contribution in [1.29, 1.82) is 0 Å². The fourth-order valence-corrected chi connectivity index (χ4v) is 3.73. The summed E-state index contributed by atoms with van der Waals surface area (Å²) in [6.07, 6.45) is -0.748. The van der Waals surface area contributed by atoms with Crippen molar-refractivity contribution in [2.75, 3.05) is 12.4 Å². The highest BCUT2D eigenvalue weighted by Crippen LogP contribution is 2.36. The molecule has 3 aromatic rings. The third-order valence-corrected chi connectivity index (χ3v) is 5.82. The molecule has 0 aliphatic rings. The summed E-state index contributed by atoms with van der Waals surface area (Å²) in [6, 6.07) is 3.67. The van der Waals surface area contributed by atoms with Crippen molar-refractivity contribution in [2.45, 2.75) is 38.0 Å². The van der Waals surface area contributed by atoms with Crippen molar-refractivity contribution in [3.63, 3.8) is 0 Å². The van der Waals surface area contributed by atoms with Crippen molar-refractivity contribution in [2.24, 2.45) is 10.7 Å². The van der Waals surface area contributed by atoms with E-state index in [1.165, 1.54) is 38.5 Å². The number of aromatic nitrogens is 4. The van der Waals surface area contributed by atoms with Gasteiger partial charge in [-0.25, -0.2) is 23.1 Å². The first-order chi connectivity index (χ1) is 16.6. The van der Waals surface area contributed by atoms with Gasteiger partial charge in [0, 0.05) is 12.7 Å². The Bertz CT molecular complexity index is 1210. The van der Waals surface area contributed by atoms with Crippen LogP contribution in [0.15, 0.2) is 40.1 Å². The molecule has 1 aromatic carbocycles. The number of nitrogens with zero attached hydrogens (tertiary/aromatic N) is 5. The van der Waals surface area contributed by atoms with E-state index in [2.05, 4.69) is 30.4 Å². The van der Waals surface area contributed by atoms with E-state index in [0.29, 0.717) is 17.6 Å². The number of carbonyl (C=O) groups excluding carboxylic acids is 1. The average Bonchev–Trinajstić information content (AvgIpc) is 3.25. The largest absolute Gasteiger partial charge is 0.466 e. The molecule has 2 aromatic heterocycles. The summed E-state index contributed by atoms with van der Waals surface area (Å²) in [6.45, 7) is 2.91. The number of thioether (sulfide) groups is 1. The van der Waals surface area contributed by atoms with E-state index in [9.17, 15) is 18.0 Å². The van der Waals surface area contributed by atoms with Gasteiger partial charge in [-0.3, -0.25) is 9.79 Å². The Morgan fingerprint density at radius 1 is 1.34 bits per heavy atom. The van der Waals surface area contributed by atoms with Crippen LogP contribution in [0.3, 0.4) is 0 Å². The monoisotopic (exact) mass is 509 g/mol. The number of rotatable bonds is 9. The van der Waals surface area contributed by atoms with E-state index in [-0.39, 0.29) is 46.9 Å². The number of halogens is 3. The number of nitrogens with two attached hydrogens (primary N) is 1. The molecule has 0 bridgehead atoms. The zero-order chi connectivity index (χ0) is 25.6. The number of nitrogens with one attached hydrogen (secondary N) is 1. The Kier molecular flexibility index (Phi) is 8.27. The van der Waals surface area contributed by atoms with E-state index in [1.54, 1.807) is 6.92 Å². The molecule has 3 N–H and O–H groups in total. The predicted molar refractivity (Wildman–Crippen MR) is 123 cm³/mol. The van der Waals surface area contributed by atoms with Gasteiger partial charge in [0.15, 0.2) is 17.6 Å². The maximum Gasteiger partial charge on any atom is 0.275 e. The van der Waals surface area contributed by atoms with Crippen molar-refractivity contribution < 1.29 is 27.2 Å². The molecule has 10 nitrogen and oxygen atoms in total. The van der Waals surface area contributed by atoms with Gasteiger partial charge in [0.25, 0.3) is 18.2 Å². The van der Waals surface area contributed by atoms with E-state index in [4.69, 9.17) is 15.0 Å². The van der Waals surface area contributed by atoms with E-state index in [1.807, 2.05) is 0 Å². The standard InChI is InChI=1S/C21H22F3N7O3S/c1-11-29-17(34-31-11)10-33-16-9-27-15(8-28-16)18(32)30-13-4-5-14(22)12(6-13)7-21(2,19(23)24)35-20(25)26-3/h4-6,8-9,19H,7,10H2,1-3H3,(H2,25,26)(H,30,32)/t21-/m1/s1. The molecule has 14 heteroatoms. The van der Waals surface area contributed by atoms with Crippen molar-refractivity contribution >= 4 is 28.5 Å². The number of hydrogen-bond donors (Lipinski definition) is 2. The zero-order valence-electron chi connectivity index (χ0n) is 19.0. The third kappa shape index (κ3) is 6.91. The SMILES string of the molecule is CN=C(N)S[C@](C)(Cc1cc(NC(=O)c2cnc(OCc3nc(C)no3)cn2)ccc1F)C(F)F. The van der Waals surface area contributed by atoms with Crippen molar-refractivity contribution in [1.82, 2.24) is 20.1 Å². The fraction of sp³-hybridized carbons (Fsp3) is 0.333. The van der Waals surface area contributed by atoms with Gasteiger partial charge in [-0.2, -0.15) is 4.98 Å². The van der Waals surface area contributed by atoms with Crippen LogP contribution >= 0.6 is 11.8 Å². The number of aryl methyl sites for hydroxylation is 1. The van der Waals surface area contributed by atoms with E-state index in [0.717, 1.165) is 6.07 Å². The first-order valence-electron chi connectivity index (χ1n) is 10.1. The lowest BCUT2D eigenvalue weighted by atomic mass is 9.99. The van der Waals surface area contributed by atoms with Crippen LogP contribution in [-0.2, 0) is 13.0 Å². The highest BCUT2D eigenvalue weighted by molar-refractivity contribution is 8.15. The summed E-state index contributed by atoms with van der Waals surface area (Å²) >= 11 is 0.661. The second-order valence-corrected chi connectivity index (χ2v) is 9.03. The minimum Gasteiger partial charge on any atom is -0.466 e. The van der Waals surface area contributed by atoms with Gasteiger partial charge >= 0.3 is 0 Å². The topological polar surface area (TPSA) is 141 Å². The van der Waals surface area contributed by atoms with Crippen molar-refractivity contribution in [3.8, 4) is 5.88 Å². The van der Waals surface area contributed by atoms with Gasteiger partial charge in [0.05, 0.1) is 17.1 Å². The minimum atomic E-state index is -2.81. The molecular formula is C21H22F3N7O3S. The lowest BCUT2D eigenvalue weighted by molar-refractivity contribution is 0.102. The lowest BCUT2D eigenvalue weighted by Gasteiger charge is -2.28. The Morgan fingerprint density at radius 2 is 2.11 bits per heavy atom. The Morgan fingerprint density at radius 3 is 2.71 bits per heavy atom. The van der Waals surface area contributed by atoms with Gasteiger partial charge in [-0.05, 0) is 44.0 Å². The van der Waals surface area contributed by atoms with Crippen molar-refractivity contribution in [3.05, 3.63) is 59.4 Å². The third-order valence-electron chi connectivity index (χ3n) is 4.64. The number of benzene rings is 1. The number of amides is 1. The van der Waals surface area contributed by atoms with Crippen LogP contribution in [-0.4, -0.2) is 49.4 Å². The molecule has 1 amide bonds. The molecule has 0 saturated heterocycles. The zero-order valence-corrected chi connectivity index (χ0v) is 19.8. The smallest absolute Gasteiger partial charge is 0.275 e. The highest BCUT2D eigenvalue weighted by atomic mass is 32.2. The first kappa shape index (κ1) is 25.9. The molecule has 0 spiro atoms. The molecule has 2 heterocycles. The maximum absolute atomic E-state index is 14.4. The number of hydrogen-bond acceptors (Lipinski definition) is 9. The second kappa shape index (κ2) is 11.2. The number of alkyl halides is 2. The van der Waals surface area contributed by atoms with Gasteiger partial charge < -0.3 is 20.3 Å². The summed E-state index contributed by atoms with van der Waals surface area (Å²) in [7, 11) is 1.38. The number of carbonyl (C=O) groups is 1. The fourth-order valence-electron chi connectivity index (χ4n) is 2.85. The average molecular weight is 510 g/mol. The van der Waals surface area contributed by atoms with Crippen LogP contribution in [0, 0.1) is 12.7 Å². The first-order valence-corrected chi connectivity index (χ1v) is 10.9. The molecule has 186 valence electrons. The van der Waals surface area contributed by atoms with E-state index < -0.39 is 22.9 Å². The molecule has 0 aliphatic carbocycles. The molecule has 0 aliphatic heterocycles. The number of anilines is 1. The summed E-state index contributed by atoms with van der Waals surface area (Å²) in [5.41, 5.74) is 5.73. The summed E-state index contributed by atoms with van der Waals surface area (Å²) < 4.78 is 50.5. The van der Waals surface area contributed by atoms with Gasteiger partial charge in [-0.15, -0.1) is 0 Å². The molecule has 1 atom stereocenters. The molecule has 0 unspecified atom stereocenters. The molecule has 3 rings (SSSR count).